The van der Waals surface area contributed by atoms with Gasteiger partial charge in [0.25, 0.3) is 0 Å². The molecule has 3 nitrogen and oxygen atoms in total. The second-order valence-electron chi connectivity index (χ2n) is 5.48. The Labute approximate surface area is 110 Å². The Bertz CT molecular complexity index is 410. The van der Waals surface area contributed by atoms with Gasteiger partial charge in [-0.1, -0.05) is 12.1 Å². The van der Waals surface area contributed by atoms with Crippen molar-refractivity contribution >= 4 is 5.69 Å². The SMILES string of the molecule is CN1CCc2ccc(CCN3CCNCC3)cc21. The van der Waals surface area contributed by atoms with E-state index < -0.39 is 0 Å². The van der Waals surface area contributed by atoms with Crippen molar-refractivity contribution in [3.8, 4) is 0 Å². The number of likely N-dealkylation sites (N-methyl/N-ethyl adjacent to an activating group) is 1. The molecule has 1 N–H and O–H groups in total. The molecule has 1 saturated heterocycles. The number of nitrogens with zero attached hydrogens (tertiary/aromatic N) is 2. The Kier molecular flexibility index (Phi) is 3.52. The zero-order valence-electron chi connectivity index (χ0n) is 11.3. The van der Waals surface area contributed by atoms with E-state index in [2.05, 4.69) is 40.4 Å². The molecule has 1 aromatic rings. The summed E-state index contributed by atoms with van der Waals surface area (Å²) in [6, 6.07) is 7.04. The molecular formula is C15H23N3. The molecule has 0 bridgehead atoms. The predicted molar refractivity (Wildman–Crippen MR) is 76.4 cm³/mol. The monoisotopic (exact) mass is 245 g/mol. The number of nitrogens with one attached hydrogen (secondary N) is 1. The molecule has 1 fully saturated rings. The lowest BCUT2D eigenvalue weighted by Crippen LogP contribution is -2.44. The van der Waals surface area contributed by atoms with E-state index in [1.54, 1.807) is 0 Å². The molecule has 0 aliphatic carbocycles. The molecule has 98 valence electrons. The second kappa shape index (κ2) is 5.29. The Balaban J connectivity index is 1.61. The number of benzene rings is 1. The molecule has 18 heavy (non-hydrogen) atoms. The molecule has 0 amide bonds. The van der Waals surface area contributed by atoms with Crippen LogP contribution in [0.15, 0.2) is 18.2 Å². The first kappa shape index (κ1) is 12.0. The third-order valence-electron chi connectivity index (χ3n) is 4.20. The number of fused-ring (bicyclic) bond motifs is 1. The number of hydrogen-bond acceptors (Lipinski definition) is 3. The van der Waals surface area contributed by atoms with Crippen molar-refractivity contribution in [2.24, 2.45) is 0 Å². The van der Waals surface area contributed by atoms with Gasteiger partial charge >= 0.3 is 0 Å². The molecule has 1 aromatic carbocycles. The fraction of sp³-hybridized carbons (Fsp3) is 0.600. The summed E-state index contributed by atoms with van der Waals surface area (Å²) in [7, 11) is 2.20. The van der Waals surface area contributed by atoms with Crippen LogP contribution in [0, 0.1) is 0 Å². The van der Waals surface area contributed by atoms with E-state index in [0.29, 0.717) is 0 Å². The van der Waals surface area contributed by atoms with Crippen molar-refractivity contribution < 1.29 is 0 Å². The van der Waals surface area contributed by atoms with E-state index in [1.165, 1.54) is 55.8 Å². The third-order valence-corrected chi connectivity index (χ3v) is 4.20. The van der Waals surface area contributed by atoms with Crippen LogP contribution in [0.3, 0.4) is 0 Å². The summed E-state index contributed by atoms with van der Waals surface area (Å²) in [5, 5.41) is 3.40. The highest BCUT2D eigenvalue weighted by molar-refractivity contribution is 5.58. The molecule has 0 aromatic heterocycles. The zero-order valence-corrected chi connectivity index (χ0v) is 11.3. The summed E-state index contributed by atoms with van der Waals surface area (Å²) >= 11 is 0. The molecule has 0 spiro atoms. The number of rotatable bonds is 3. The highest BCUT2D eigenvalue weighted by atomic mass is 15.2. The standard InChI is InChI=1S/C15H23N3/c1-17-8-5-14-3-2-13(12-15(14)17)4-9-18-10-6-16-7-11-18/h2-3,12,16H,4-11H2,1H3. The molecule has 3 rings (SSSR count). The van der Waals surface area contributed by atoms with E-state index in [1.807, 2.05) is 0 Å². The maximum atomic E-state index is 3.40. The van der Waals surface area contributed by atoms with Crippen molar-refractivity contribution in [1.29, 1.82) is 0 Å². The normalized spacial score (nSPS) is 20.2. The Morgan fingerprint density at radius 1 is 1.17 bits per heavy atom. The van der Waals surface area contributed by atoms with Crippen molar-refractivity contribution in [1.82, 2.24) is 10.2 Å². The lowest BCUT2D eigenvalue weighted by Gasteiger charge is -2.27. The van der Waals surface area contributed by atoms with Crippen molar-refractivity contribution in [2.75, 3.05) is 51.2 Å². The van der Waals surface area contributed by atoms with E-state index in [0.717, 1.165) is 13.1 Å². The van der Waals surface area contributed by atoms with Crippen LogP contribution in [0.2, 0.25) is 0 Å². The van der Waals surface area contributed by atoms with Crippen LogP contribution in [0.1, 0.15) is 11.1 Å². The van der Waals surface area contributed by atoms with Gasteiger partial charge in [0.1, 0.15) is 0 Å². The van der Waals surface area contributed by atoms with Crippen LogP contribution in [0.4, 0.5) is 5.69 Å². The summed E-state index contributed by atoms with van der Waals surface area (Å²) in [5.41, 5.74) is 4.46. The molecule has 0 unspecified atom stereocenters. The summed E-state index contributed by atoms with van der Waals surface area (Å²) in [6.07, 6.45) is 2.39. The smallest absolute Gasteiger partial charge is 0.0399 e. The highest BCUT2D eigenvalue weighted by Gasteiger charge is 2.16. The van der Waals surface area contributed by atoms with Crippen molar-refractivity contribution in [2.45, 2.75) is 12.8 Å². The maximum absolute atomic E-state index is 3.40. The first-order chi connectivity index (χ1) is 8.83. The lowest BCUT2D eigenvalue weighted by molar-refractivity contribution is 0.244. The second-order valence-corrected chi connectivity index (χ2v) is 5.48. The van der Waals surface area contributed by atoms with E-state index in [4.69, 9.17) is 0 Å². The van der Waals surface area contributed by atoms with Gasteiger partial charge in [0.2, 0.25) is 0 Å². The predicted octanol–water partition coefficient (Wildman–Crippen LogP) is 1.13. The van der Waals surface area contributed by atoms with E-state index in [9.17, 15) is 0 Å². The molecule has 0 atom stereocenters. The van der Waals surface area contributed by atoms with Gasteiger partial charge in [-0.15, -0.1) is 0 Å². The minimum Gasteiger partial charge on any atom is -0.374 e. The van der Waals surface area contributed by atoms with Crippen LogP contribution >= 0.6 is 0 Å². The molecular weight excluding hydrogens is 222 g/mol. The third kappa shape index (κ3) is 2.52. The van der Waals surface area contributed by atoms with Crippen molar-refractivity contribution in [3.63, 3.8) is 0 Å². The van der Waals surface area contributed by atoms with Crippen LogP contribution in [-0.2, 0) is 12.8 Å². The molecule has 0 saturated carbocycles. The summed E-state index contributed by atoms with van der Waals surface area (Å²) in [6.45, 7) is 7.07. The van der Waals surface area contributed by atoms with Gasteiger partial charge in [0.05, 0.1) is 0 Å². The number of piperazine rings is 1. The Morgan fingerprint density at radius 3 is 2.83 bits per heavy atom. The van der Waals surface area contributed by atoms with Gasteiger partial charge < -0.3 is 15.1 Å². The first-order valence-corrected chi connectivity index (χ1v) is 7.09. The summed E-state index contributed by atoms with van der Waals surface area (Å²) < 4.78 is 0. The molecule has 0 radical (unpaired) electrons. The van der Waals surface area contributed by atoms with Crippen LogP contribution in [0.5, 0.6) is 0 Å². The minimum atomic E-state index is 1.15. The average Bonchev–Trinajstić information content (AvgIpc) is 2.79. The molecule has 3 heteroatoms. The van der Waals surface area contributed by atoms with E-state index >= 15 is 0 Å². The summed E-state index contributed by atoms with van der Waals surface area (Å²) in [4.78, 5) is 4.94. The Hall–Kier alpha value is -1.06. The van der Waals surface area contributed by atoms with Crippen molar-refractivity contribution in [3.05, 3.63) is 29.3 Å². The van der Waals surface area contributed by atoms with Gasteiger partial charge in [-0.2, -0.15) is 0 Å². The van der Waals surface area contributed by atoms with Gasteiger partial charge in [0.15, 0.2) is 0 Å². The van der Waals surface area contributed by atoms with Gasteiger partial charge in [-0.25, -0.2) is 0 Å². The zero-order chi connectivity index (χ0) is 12.4. The fourth-order valence-electron chi connectivity index (χ4n) is 2.96. The lowest BCUT2D eigenvalue weighted by atomic mass is 10.1. The number of hydrogen-bond donors (Lipinski definition) is 1. The minimum absolute atomic E-state index is 1.15. The fourth-order valence-corrected chi connectivity index (χ4v) is 2.96. The molecule has 2 aliphatic rings. The average molecular weight is 245 g/mol. The molecule has 2 aliphatic heterocycles. The van der Waals surface area contributed by atoms with Gasteiger partial charge in [-0.3, -0.25) is 0 Å². The first-order valence-electron chi connectivity index (χ1n) is 7.09. The topological polar surface area (TPSA) is 18.5 Å². The quantitative estimate of drug-likeness (QED) is 0.861. The van der Waals surface area contributed by atoms with E-state index in [-0.39, 0.29) is 0 Å². The largest absolute Gasteiger partial charge is 0.374 e. The van der Waals surface area contributed by atoms with Crippen LogP contribution < -0.4 is 10.2 Å². The molecule has 2 heterocycles. The van der Waals surface area contributed by atoms with Gasteiger partial charge in [-0.05, 0) is 30.0 Å². The van der Waals surface area contributed by atoms with Crippen LogP contribution in [-0.4, -0.2) is 51.2 Å². The Morgan fingerprint density at radius 2 is 2.00 bits per heavy atom. The maximum Gasteiger partial charge on any atom is 0.0399 e. The highest BCUT2D eigenvalue weighted by Crippen LogP contribution is 2.27. The van der Waals surface area contributed by atoms with Gasteiger partial charge in [0, 0.05) is 52.0 Å². The number of anilines is 1. The van der Waals surface area contributed by atoms with Crippen LogP contribution in [0.25, 0.3) is 0 Å². The summed E-state index contributed by atoms with van der Waals surface area (Å²) in [5.74, 6) is 0.